The summed E-state index contributed by atoms with van der Waals surface area (Å²) >= 11 is 0. The maximum Gasteiger partial charge on any atom is 0.227 e. The second-order valence-electron chi connectivity index (χ2n) is 11.0. The van der Waals surface area contributed by atoms with Crippen LogP contribution >= 0.6 is 0 Å². The highest BCUT2D eigenvalue weighted by atomic mass is 16.2. The van der Waals surface area contributed by atoms with Crippen LogP contribution in [0.15, 0.2) is 48.5 Å². The van der Waals surface area contributed by atoms with Crippen molar-refractivity contribution in [3.05, 3.63) is 54.1 Å². The molecule has 1 amide bonds. The molecular formula is C32H42N4O. The van der Waals surface area contributed by atoms with E-state index in [2.05, 4.69) is 41.1 Å². The first-order valence-corrected chi connectivity index (χ1v) is 14.7. The molecule has 1 saturated carbocycles. The van der Waals surface area contributed by atoms with E-state index in [0.717, 1.165) is 40.3 Å². The Kier molecular flexibility index (Phi) is 8.70. The Labute approximate surface area is 222 Å². The summed E-state index contributed by atoms with van der Waals surface area (Å²) in [7, 11) is 0. The number of hydrogen-bond acceptors (Lipinski definition) is 3. The Morgan fingerprint density at radius 2 is 1.41 bits per heavy atom. The molecule has 196 valence electrons. The maximum atomic E-state index is 13.0. The molecule has 0 N–H and O–H groups in total. The summed E-state index contributed by atoms with van der Waals surface area (Å²) in [6.07, 6.45) is 16.7. The van der Waals surface area contributed by atoms with Crippen molar-refractivity contribution in [3.8, 4) is 22.5 Å². The lowest BCUT2D eigenvalue weighted by Gasteiger charge is -2.28. The number of carbonyl (C=O) groups excluding carboxylic acids is 1. The first-order valence-electron chi connectivity index (χ1n) is 14.7. The van der Waals surface area contributed by atoms with Crippen molar-refractivity contribution >= 4 is 11.6 Å². The van der Waals surface area contributed by atoms with Crippen molar-refractivity contribution in [1.82, 2.24) is 15.0 Å². The Hall–Kier alpha value is -2.95. The van der Waals surface area contributed by atoms with Crippen molar-refractivity contribution < 1.29 is 4.79 Å². The lowest BCUT2D eigenvalue weighted by molar-refractivity contribution is -0.118. The number of amides is 1. The SMILES string of the molecule is CCC(=O)N1Cc2ccccc2-c2c(nnn2CC2CCCCCCCCCCCC2)-c2ccccc21. The molecular weight excluding hydrogens is 456 g/mol. The molecule has 2 heterocycles. The molecule has 37 heavy (non-hydrogen) atoms. The molecule has 5 rings (SSSR count). The van der Waals surface area contributed by atoms with Gasteiger partial charge in [-0.3, -0.25) is 4.79 Å². The smallest absolute Gasteiger partial charge is 0.227 e. The summed E-state index contributed by atoms with van der Waals surface area (Å²) in [6, 6.07) is 16.7. The van der Waals surface area contributed by atoms with E-state index in [1.165, 1.54) is 77.0 Å². The highest BCUT2D eigenvalue weighted by Crippen LogP contribution is 2.41. The van der Waals surface area contributed by atoms with E-state index in [9.17, 15) is 4.79 Å². The lowest BCUT2D eigenvalue weighted by Crippen LogP contribution is -2.31. The Morgan fingerprint density at radius 1 is 0.811 bits per heavy atom. The number of hydrogen-bond donors (Lipinski definition) is 0. The first kappa shape index (κ1) is 25.7. The monoisotopic (exact) mass is 498 g/mol. The minimum atomic E-state index is 0.127. The summed E-state index contributed by atoms with van der Waals surface area (Å²) in [4.78, 5) is 15.0. The van der Waals surface area contributed by atoms with Gasteiger partial charge in [0, 0.05) is 24.1 Å². The third-order valence-corrected chi connectivity index (χ3v) is 8.30. The molecule has 0 radical (unpaired) electrons. The van der Waals surface area contributed by atoms with Crippen molar-refractivity contribution in [2.24, 2.45) is 5.92 Å². The van der Waals surface area contributed by atoms with Crippen LogP contribution in [0.25, 0.3) is 22.5 Å². The zero-order valence-electron chi connectivity index (χ0n) is 22.5. The highest BCUT2D eigenvalue weighted by Gasteiger charge is 2.29. The average Bonchev–Trinajstić information content (AvgIpc) is 3.34. The predicted octanol–water partition coefficient (Wildman–Crippen LogP) is 8.18. The normalized spacial score (nSPS) is 17.7. The van der Waals surface area contributed by atoms with Crippen LogP contribution < -0.4 is 4.90 Å². The van der Waals surface area contributed by atoms with E-state index < -0.39 is 0 Å². The standard InChI is InChI=1S/C32H42N4O/c1-2-30(37)35-24-26-19-13-14-20-27(26)32-31(28-21-15-16-22-29(28)35)33-34-36(32)23-25-17-11-9-7-5-3-4-6-8-10-12-18-25/h13-16,19-22,25H,2-12,17-18,23-24H2,1H3. The molecule has 0 saturated heterocycles. The van der Waals surface area contributed by atoms with Crippen molar-refractivity contribution in [3.63, 3.8) is 0 Å². The van der Waals surface area contributed by atoms with Gasteiger partial charge >= 0.3 is 0 Å². The molecule has 1 fully saturated rings. The van der Waals surface area contributed by atoms with Crippen LogP contribution in [0.3, 0.4) is 0 Å². The van der Waals surface area contributed by atoms with Gasteiger partial charge in [-0.2, -0.15) is 0 Å². The van der Waals surface area contributed by atoms with Gasteiger partial charge in [-0.25, -0.2) is 4.68 Å². The molecule has 2 aromatic carbocycles. The average molecular weight is 499 g/mol. The van der Waals surface area contributed by atoms with Gasteiger partial charge in [0.2, 0.25) is 5.91 Å². The Morgan fingerprint density at radius 3 is 2.08 bits per heavy atom. The van der Waals surface area contributed by atoms with Crippen molar-refractivity contribution in [2.45, 2.75) is 103 Å². The minimum Gasteiger partial charge on any atom is -0.307 e. The van der Waals surface area contributed by atoms with Gasteiger partial charge in [0.1, 0.15) is 5.69 Å². The van der Waals surface area contributed by atoms with Crippen molar-refractivity contribution in [1.29, 1.82) is 0 Å². The van der Waals surface area contributed by atoms with Crippen LogP contribution in [0, 0.1) is 5.92 Å². The fraction of sp³-hybridized carbons (Fsp3) is 0.531. The Balaban J connectivity index is 1.51. The molecule has 2 aliphatic rings. The van der Waals surface area contributed by atoms with Gasteiger partial charge in [0.25, 0.3) is 0 Å². The van der Waals surface area contributed by atoms with Crippen LogP contribution in [-0.2, 0) is 17.9 Å². The van der Waals surface area contributed by atoms with Crippen LogP contribution in [-0.4, -0.2) is 20.9 Å². The molecule has 0 unspecified atom stereocenters. The van der Waals surface area contributed by atoms with Gasteiger partial charge in [-0.15, -0.1) is 5.10 Å². The second-order valence-corrected chi connectivity index (χ2v) is 11.0. The number of para-hydroxylation sites is 1. The van der Waals surface area contributed by atoms with Gasteiger partial charge in [-0.05, 0) is 30.4 Å². The van der Waals surface area contributed by atoms with E-state index in [4.69, 9.17) is 10.3 Å². The summed E-state index contributed by atoms with van der Waals surface area (Å²) < 4.78 is 2.19. The van der Waals surface area contributed by atoms with Gasteiger partial charge in [-0.1, -0.05) is 119 Å². The number of nitrogens with zero attached hydrogens (tertiary/aromatic N) is 4. The maximum absolute atomic E-state index is 13.0. The number of rotatable bonds is 3. The Bertz CT molecular complexity index is 1170. The summed E-state index contributed by atoms with van der Waals surface area (Å²) in [5, 5.41) is 9.54. The summed E-state index contributed by atoms with van der Waals surface area (Å²) in [6.45, 7) is 3.41. The van der Waals surface area contributed by atoms with E-state index in [1.807, 2.05) is 24.0 Å². The largest absolute Gasteiger partial charge is 0.307 e. The third kappa shape index (κ3) is 5.97. The fourth-order valence-electron chi connectivity index (χ4n) is 6.21. The molecule has 0 spiro atoms. The van der Waals surface area contributed by atoms with Crippen LogP contribution in [0.4, 0.5) is 5.69 Å². The van der Waals surface area contributed by atoms with E-state index in [0.29, 0.717) is 18.9 Å². The lowest BCUT2D eigenvalue weighted by atomic mass is 9.93. The zero-order valence-corrected chi connectivity index (χ0v) is 22.5. The minimum absolute atomic E-state index is 0.127. The topological polar surface area (TPSA) is 51.0 Å². The van der Waals surface area contributed by atoms with Gasteiger partial charge in [0.05, 0.1) is 17.9 Å². The third-order valence-electron chi connectivity index (χ3n) is 8.30. The van der Waals surface area contributed by atoms with E-state index in [-0.39, 0.29) is 5.91 Å². The predicted molar refractivity (Wildman–Crippen MR) is 151 cm³/mol. The van der Waals surface area contributed by atoms with Gasteiger partial charge in [0.15, 0.2) is 0 Å². The number of fused-ring (bicyclic) bond motifs is 5. The fourth-order valence-corrected chi connectivity index (χ4v) is 6.21. The molecule has 5 heteroatoms. The highest BCUT2D eigenvalue weighted by molar-refractivity contribution is 6.00. The van der Waals surface area contributed by atoms with E-state index >= 15 is 0 Å². The molecule has 1 aliphatic carbocycles. The zero-order chi connectivity index (χ0) is 25.5. The van der Waals surface area contributed by atoms with Gasteiger partial charge < -0.3 is 4.90 Å². The molecule has 1 aliphatic heterocycles. The first-order chi connectivity index (χ1) is 18.3. The number of carbonyl (C=O) groups is 1. The summed E-state index contributed by atoms with van der Waals surface area (Å²) in [5.41, 5.74) is 6.22. The molecule has 1 aromatic heterocycles. The molecule has 0 atom stereocenters. The molecule has 5 nitrogen and oxygen atoms in total. The number of aromatic nitrogens is 3. The number of anilines is 1. The number of benzene rings is 2. The molecule has 3 aromatic rings. The summed E-state index contributed by atoms with van der Waals surface area (Å²) in [5.74, 6) is 0.750. The van der Waals surface area contributed by atoms with Crippen LogP contribution in [0.2, 0.25) is 0 Å². The quantitative estimate of drug-likeness (QED) is 0.366. The van der Waals surface area contributed by atoms with Crippen LogP contribution in [0.5, 0.6) is 0 Å². The van der Waals surface area contributed by atoms with Crippen LogP contribution in [0.1, 0.15) is 96.0 Å². The second kappa shape index (κ2) is 12.5. The van der Waals surface area contributed by atoms with E-state index in [1.54, 1.807) is 0 Å². The van der Waals surface area contributed by atoms with Crippen molar-refractivity contribution in [2.75, 3.05) is 4.90 Å². The molecule has 0 bridgehead atoms.